The van der Waals surface area contributed by atoms with Crippen LogP contribution in [0.25, 0.3) is 10.1 Å². The summed E-state index contributed by atoms with van der Waals surface area (Å²) in [6.45, 7) is 1.36. The predicted octanol–water partition coefficient (Wildman–Crippen LogP) is 5.86. The van der Waals surface area contributed by atoms with Crippen molar-refractivity contribution in [2.24, 2.45) is 0 Å². The van der Waals surface area contributed by atoms with Gasteiger partial charge >= 0.3 is 19.5 Å². The van der Waals surface area contributed by atoms with Crippen molar-refractivity contribution < 1.29 is 37.3 Å². The van der Waals surface area contributed by atoms with Crippen LogP contribution >= 0.6 is 18.9 Å². The Morgan fingerprint density at radius 2 is 1.88 bits per heavy atom. The molecule has 11 heteroatoms. The maximum absolute atomic E-state index is 15.8. The molecule has 4 rings (SSSR count). The predicted molar refractivity (Wildman–Crippen MR) is 124 cm³/mol. The van der Waals surface area contributed by atoms with Crippen molar-refractivity contribution in [3.8, 4) is 5.75 Å². The maximum Gasteiger partial charge on any atom is 0.355 e. The van der Waals surface area contributed by atoms with Crippen LogP contribution in [0.2, 0.25) is 0 Å². The second-order valence-corrected chi connectivity index (χ2v) is 11.2. The number of carboxylic acids is 1. The van der Waals surface area contributed by atoms with Crippen molar-refractivity contribution in [3.63, 3.8) is 0 Å². The van der Waals surface area contributed by atoms with E-state index in [9.17, 15) is 23.7 Å². The minimum absolute atomic E-state index is 0.00571. The molecule has 1 aliphatic rings. The number of thiophene rings is 1. The average molecular weight is 509 g/mol. The first-order chi connectivity index (χ1) is 16.1. The molecular weight excluding hydrogens is 487 g/mol. The highest BCUT2D eigenvalue weighted by Crippen LogP contribution is 2.58. The highest BCUT2D eigenvalue weighted by molar-refractivity contribution is 7.57. The van der Waals surface area contributed by atoms with Gasteiger partial charge in [0.1, 0.15) is 28.9 Å². The lowest BCUT2D eigenvalue weighted by atomic mass is 9.94. The van der Waals surface area contributed by atoms with Crippen LogP contribution in [0.1, 0.15) is 40.9 Å². The van der Waals surface area contributed by atoms with Crippen molar-refractivity contribution in [1.82, 2.24) is 5.09 Å². The number of rotatable bonds is 9. The molecule has 180 valence electrons. The third kappa shape index (κ3) is 5.29. The molecule has 0 amide bonds. The standard InChI is InChI=1S/C23H22F2NO6PS/c1-13(23(29)31-18-11-16(24)12-18)26-33(30,32-17-5-3-2-4-6-17)21(25)14-7-8-19-15(9-14)10-20(34-19)22(27)28/h2-10,13,16,18,21H,11-12H2,1H3,(H,26,30)(H,27,28)/t13-,16?,18?,21+,33?/m0/s1. The Morgan fingerprint density at radius 1 is 1.18 bits per heavy atom. The van der Waals surface area contributed by atoms with E-state index in [1.165, 1.54) is 37.3 Å². The minimum atomic E-state index is -4.40. The molecule has 2 aromatic carbocycles. The molecule has 1 unspecified atom stereocenters. The number of carboxylic acid groups (broad SMARTS) is 1. The molecule has 1 heterocycles. The SMILES string of the molecule is C[C@H](NP(=O)(Oc1ccccc1)[C@@H](F)c1ccc2sc(C(=O)O)cc2c1)C(=O)OC1CC(F)C1. The van der Waals surface area contributed by atoms with Crippen LogP contribution in [0.3, 0.4) is 0 Å². The molecule has 0 spiro atoms. The zero-order valence-electron chi connectivity index (χ0n) is 18.0. The van der Waals surface area contributed by atoms with Gasteiger partial charge in [0.05, 0.1) is 0 Å². The Kier molecular flexibility index (Phi) is 7.02. The van der Waals surface area contributed by atoms with Crippen LogP contribution in [-0.2, 0) is 14.1 Å². The summed E-state index contributed by atoms with van der Waals surface area (Å²) in [4.78, 5) is 23.8. The fraction of sp³-hybridized carbons (Fsp3) is 0.304. The van der Waals surface area contributed by atoms with E-state index in [0.717, 1.165) is 11.3 Å². The number of para-hydroxylation sites is 1. The summed E-state index contributed by atoms with van der Waals surface area (Å²) < 4.78 is 54.0. The van der Waals surface area contributed by atoms with Gasteiger partial charge in [0, 0.05) is 17.5 Å². The van der Waals surface area contributed by atoms with Crippen molar-refractivity contribution in [1.29, 1.82) is 0 Å². The molecule has 2 N–H and O–H groups in total. The van der Waals surface area contributed by atoms with E-state index in [2.05, 4.69) is 5.09 Å². The van der Waals surface area contributed by atoms with Gasteiger partial charge in [0.2, 0.25) is 5.91 Å². The average Bonchev–Trinajstić information content (AvgIpc) is 3.22. The Hall–Kier alpha value is -2.81. The number of benzene rings is 2. The van der Waals surface area contributed by atoms with Gasteiger partial charge in [0.25, 0.3) is 0 Å². The van der Waals surface area contributed by atoms with Gasteiger partial charge in [-0.15, -0.1) is 11.3 Å². The maximum atomic E-state index is 15.8. The molecule has 7 nitrogen and oxygen atoms in total. The van der Waals surface area contributed by atoms with Crippen molar-refractivity contribution in [2.75, 3.05) is 0 Å². The lowest BCUT2D eigenvalue weighted by Gasteiger charge is -2.31. The second kappa shape index (κ2) is 9.82. The first-order valence-corrected chi connectivity index (χ1v) is 13.0. The number of hydrogen-bond acceptors (Lipinski definition) is 6. The minimum Gasteiger partial charge on any atom is -0.477 e. The summed E-state index contributed by atoms with van der Waals surface area (Å²) in [5, 5.41) is 12.2. The van der Waals surface area contributed by atoms with Crippen molar-refractivity contribution in [3.05, 3.63) is 65.0 Å². The largest absolute Gasteiger partial charge is 0.477 e. The molecule has 34 heavy (non-hydrogen) atoms. The number of alkyl halides is 2. The second-order valence-electron chi connectivity index (χ2n) is 8.03. The Labute approximate surface area is 198 Å². The molecule has 0 bridgehead atoms. The van der Waals surface area contributed by atoms with E-state index in [-0.39, 0.29) is 29.0 Å². The van der Waals surface area contributed by atoms with Gasteiger partial charge in [-0.2, -0.15) is 0 Å². The molecule has 1 aromatic heterocycles. The molecule has 1 aliphatic carbocycles. The number of nitrogens with one attached hydrogen (secondary N) is 1. The quantitative estimate of drug-likeness (QED) is 0.275. The highest BCUT2D eigenvalue weighted by atomic mass is 32.1. The van der Waals surface area contributed by atoms with Crippen molar-refractivity contribution >= 4 is 40.9 Å². The lowest BCUT2D eigenvalue weighted by molar-refractivity contribution is -0.157. The number of esters is 1. The smallest absolute Gasteiger partial charge is 0.355 e. The van der Waals surface area contributed by atoms with Crippen LogP contribution in [0, 0.1) is 0 Å². The normalized spacial score (nSPS) is 21.1. The fourth-order valence-electron chi connectivity index (χ4n) is 3.47. The van der Waals surface area contributed by atoms with Crippen LogP contribution in [0.15, 0.2) is 54.6 Å². The van der Waals surface area contributed by atoms with Gasteiger partial charge < -0.3 is 14.4 Å². The van der Waals surface area contributed by atoms with Gasteiger partial charge in [-0.1, -0.05) is 24.3 Å². The summed E-state index contributed by atoms with van der Waals surface area (Å²) in [5.74, 6) is -3.94. The molecule has 3 aromatic rings. The number of fused-ring (bicyclic) bond motifs is 1. The van der Waals surface area contributed by atoms with Gasteiger partial charge in [-0.3, -0.25) is 9.36 Å². The summed E-state index contributed by atoms with van der Waals surface area (Å²) in [6.07, 6.45) is -1.38. The van der Waals surface area contributed by atoms with Crippen LogP contribution in [0.5, 0.6) is 5.75 Å². The first kappa shape index (κ1) is 24.3. The summed E-state index contributed by atoms with van der Waals surface area (Å²) in [7, 11) is -4.40. The number of hydrogen-bond donors (Lipinski definition) is 2. The zero-order chi connectivity index (χ0) is 24.5. The van der Waals surface area contributed by atoms with Gasteiger partial charge in [-0.05, 0) is 48.2 Å². The number of carbonyl (C=O) groups excluding carboxylic acids is 1. The summed E-state index contributed by atoms with van der Waals surface area (Å²) in [6, 6.07) is 12.5. The van der Waals surface area contributed by atoms with Crippen LogP contribution < -0.4 is 9.61 Å². The number of carbonyl (C=O) groups is 2. The zero-order valence-corrected chi connectivity index (χ0v) is 19.7. The number of halogens is 2. The van der Waals surface area contributed by atoms with Crippen LogP contribution in [-0.4, -0.2) is 35.4 Å². The molecule has 0 aliphatic heterocycles. The summed E-state index contributed by atoms with van der Waals surface area (Å²) in [5.41, 5.74) is -0.00571. The Morgan fingerprint density at radius 3 is 2.53 bits per heavy atom. The third-order valence-corrected chi connectivity index (χ3v) is 8.58. The molecule has 1 saturated carbocycles. The highest BCUT2D eigenvalue weighted by Gasteiger charge is 2.42. The topological polar surface area (TPSA) is 102 Å². The van der Waals surface area contributed by atoms with E-state index in [0.29, 0.717) is 10.1 Å². The molecule has 1 fully saturated rings. The van der Waals surface area contributed by atoms with E-state index < -0.39 is 43.7 Å². The van der Waals surface area contributed by atoms with Crippen molar-refractivity contribution in [2.45, 2.75) is 44.0 Å². The number of aromatic carboxylic acids is 1. The number of ether oxygens (including phenoxy) is 1. The molecule has 3 atom stereocenters. The fourth-order valence-corrected chi connectivity index (χ4v) is 6.27. The van der Waals surface area contributed by atoms with E-state index >= 15 is 4.39 Å². The Bertz CT molecular complexity index is 1250. The monoisotopic (exact) mass is 509 g/mol. The Balaban J connectivity index is 1.60. The molecule has 0 saturated heterocycles. The summed E-state index contributed by atoms with van der Waals surface area (Å²) >= 11 is 1.04. The lowest BCUT2D eigenvalue weighted by Crippen LogP contribution is -2.41. The van der Waals surface area contributed by atoms with E-state index in [1.54, 1.807) is 24.3 Å². The van der Waals surface area contributed by atoms with E-state index in [1.807, 2.05) is 0 Å². The van der Waals surface area contributed by atoms with Crippen LogP contribution in [0.4, 0.5) is 8.78 Å². The first-order valence-electron chi connectivity index (χ1n) is 10.5. The van der Waals surface area contributed by atoms with Gasteiger partial charge in [0.15, 0.2) is 0 Å². The molecule has 0 radical (unpaired) electrons. The van der Waals surface area contributed by atoms with Gasteiger partial charge in [-0.25, -0.2) is 18.7 Å². The third-order valence-electron chi connectivity index (χ3n) is 5.36. The molecular formula is C23H22F2NO6PS. The van der Waals surface area contributed by atoms with E-state index in [4.69, 9.17) is 9.26 Å².